The van der Waals surface area contributed by atoms with Crippen molar-refractivity contribution in [2.24, 2.45) is 17.8 Å². The van der Waals surface area contributed by atoms with Gasteiger partial charge in [0.05, 0.1) is 24.3 Å². The van der Waals surface area contributed by atoms with Crippen LogP contribution >= 0.6 is 22.7 Å². The molecule has 1 unspecified atom stereocenters. The van der Waals surface area contributed by atoms with Crippen molar-refractivity contribution in [2.45, 2.75) is 83.5 Å². The number of piperidine rings is 2. The molecule has 0 N–H and O–H groups in total. The Morgan fingerprint density at radius 1 is 0.696 bits per heavy atom. The average molecular weight is 823 g/mol. The molecular weight excluding hydrogens is 767 g/mol. The van der Waals surface area contributed by atoms with E-state index in [1.165, 1.54) is 48.6 Å². The number of nitrogens with zero attached hydrogens (tertiary/aromatic N) is 2. The van der Waals surface area contributed by atoms with Crippen molar-refractivity contribution < 1.29 is 35.8 Å². The molecule has 0 spiro atoms. The van der Waals surface area contributed by atoms with E-state index < -0.39 is 23.5 Å². The third-order valence-electron chi connectivity index (χ3n) is 11.2. The molecule has 2 aromatic heterocycles. The van der Waals surface area contributed by atoms with Crippen LogP contribution in [0.5, 0.6) is 11.5 Å². The lowest BCUT2D eigenvalue weighted by molar-refractivity contribution is -0.138. The summed E-state index contributed by atoms with van der Waals surface area (Å²) in [6.07, 6.45) is -1.68. The van der Waals surface area contributed by atoms with Crippen LogP contribution in [-0.2, 0) is 12.4 Å². The number of hydrogen-bond donors (Lipinski definition) is 0. The van der Waals surface area contributed by atoms with Crippen molar-refractivity contribution in [3.63, 3.8) is 0 Å². The first-order valence-electron chi connectivity index (χ1n) is 19.9. The number of benzene rings is 2. The third kappa shape index (κ3) is 13.2. The smallest absolute Gasteiger partial charge is 0.416 e. The molecule has 0 bridgehead atoms. The zero-order chi connectivity index (χ0) is 40.1. The van der Waals surface area contributed by atoms with Crippen molar-refractivity contribution in [2.75, 3.05) is 52.5 Å². The predicted octanol–water partition coefficient (Wildman–Crippen LogP) is 12.7. The fraction of sp³-hybridized carbons (Fsp3) is 0.545. The molecule has 4 heterocycles. The highest BCUT2D eigenvalue weighted by Crippen LogP contribution is 2.38. The normalized spacial score (nSPS) is 21.6. The van der Waals surface area contributed by atoms with Crippen LogP contribution in [0.15, 0.2) is 82.2 Å². The zero-order valence-corrected chi connectivity index (χ0v) is 34.3. The van der Waals surface area contributed by atoms with E-state index in [2.05, 4.69) is 64.2 Å². The molecule has 0 radical (unpaired) electrons. The maximum atomic E-state index is 13.0. The van der Waals surface area contributed by atoms with E-state index in [4.69, 9.17) is 9.47 Å². The van der Waals surface area contributed by atoms with E-state index in [0.717, 1.165) is 82.8 Å². The molecule has 6 rings (SSSR count). The Bertz CT molecular complexity index is 1680. The molecule has 0 amide bonds. The molecule has 308 valence electrons. The van der Waals surface area contributed by atoms with Gasteiger partial charge in [0.15, 0.2) is 0 Å². The van der Waals surface area contributed by atoms with Gasteiger partial charge in [-0.2, -0.15) is 49.0 Å². The first-order chi connectivity index (χ1) is 26.8. The van der Waals surface area contributed by atoms with Crippen molar-refractivity contribution >= 4 is 22.7 Å². The van der Waals surface area contributed by atoms with Crippen LogP contribution in [0.4, 0.5) is 26.3 Å². The van der Waals surface area contributed by atoms with E-state index in [-0.39, 0.29) is 11.7 Å². The Kier molecular flexibility index (Phi) is 16.6. The number of unbranched alkanes of at least 4 members (excludes halogenated alkanes) is 2. The average Bonchev–Trinajstić information content (AvgIpc) is 3.93. The van der Waals surface area contributed by atoms with Crippen molar-refractivity contribution in [3.05, 3.63) is 104 Å². The number of hydrogen-bond acceptors (Lipinski definition) is 6. The van der Waals surface area contributed by atoms with Crippen LogP contribution in [0.2, 0.25) is 0 Å². The largest absolute Gasteiger partial charge is 0.493 e. The molecule has 12 heteroatoms. The second-order valence-electron chi connectivity index (χ2n) is 15.4. The number of ether oxygens (including phenoxy) is 2. The Balaban J connectivity index is 0.000000214. The quantitative estimate of drug-likeness (QED) is 0.0881. The first-order valence-corrected chi connectivity index (χ1v) is 21.8. The molecule has 5 atom stereocenters. The molecule has 2 fully saturated rings. The fourth-order valence-electron chi connectivity index (χ4n) is 7.84. The molecule has 0 saturated carbocycles. The topological polar surface area (TPSA) is 24.9 Å². The van der Waals surface area contributed by atoms with Crippen LogP contribution in [0, 0.1) is 17.8 Å². The van der Waals surface area contributed by atoms with Gasteiger partial charge in [-0.3, -0.25) is 0 Å². The summed E-state index contributed by atoms with van der Waals surface area (Å²) in [6, 6.07) is 14.6. The van der Waals surface area contributed by atoms with Gasteiger partial charge in [0.1, 0.15) is 11.5 Å². The Hall–Kier alpha value is -3.06. The van der Waals surface area contributed by atoms with E-state index in [1.54, 1.807) is 28.7 Å². The van der Waals surface area contributed by atoms with Crippen LogP contribution in [0.25, 0.3) is 0 Å². The second kappa shape index (κ2) is 21.1. The summed E-state index contributed by atoms with van der Waals surface area (Å²) in [4.78, 5) is 5.00. The van der Waals surface area contributed by atoms with E-state index in [1.807, 2.05) is 0 Å². The second-order valence-corrected chi connectivity index (χ2v) is 16.9. The van der Waals surface area contributed by atoms with Crippen LogP contribution < -0.4 is 9.47 Å². The van der Waals surface area contributed by atoms with Gasteiger partial charge in [0.2, 0.25) is 0 Å². The van der Waals surface area contributed by atoms with Gasteiger partial charge in [0, 0.05) is 31.5 Å². The highest BCUT2D eigenvalue weighted by molar-refractivity contribution is 7.08. The van der Waals surface area contributed by atoms with Crippen molar-refractivity contribution in [1.29, 1.82) is 0 Å². The predicted molar refractivity (Wildman–Crippen MR) is 216 cm³/mol. The summed E-state index contributed by atoms with van der Waals surface area (Å²) < 4.78 is 88.8. The van der Waals surface area contributed by atoms with Gasteiger partial charge in [-0.05, 0) is 144 Å². The van der Waals surface area contributed by atoms with Gasteiger partial charge < -0.3 is 19.3 Å². The van der Waals surface area contributed by atoms with Crippen molar-refractivity contribution in [1.82, 2.24) is 9.80 Å². The molecule has 4 nitrogen and oxygen atoms in total. The van der Waals surface area contributed by atoms with Crippen LogP contribution in [0.1, 0.15) is 93.4 Å². The maximum absolute atomic E-state index is 13.0. The highest BCUT2D eigenvalue weighted by atomic mass is 32.1. The lowest BCUT2D eigenvalue weighted by Crippen LogP contribution is -2.43. The standard InChI is InChI=1S/2C22H28F3NOS/c1-3-16(2)12-26-9-7-21(17-8-10-28-15-17)18(13-26)14-27-20-6-4-5-19(11-20)22(23,24)25;1-2-3-4-11-26-12-9-21(17-10-13-28-16-17)18(14-26)15-27-20-7-5-19(6-8-20)22(23,24)25/h4-6,8,10-11,15-16,18,21H,3,7,9,12-14H2,1-2H3;5-8,10,13,16,18,21H,2-4,9,11-12,14-15H2,1H3/t16?,18-,21-;18-,21-/m00/s1. The first kappa shape index (κ1) is 44.1. The number of likely N-dealkylation sites (tertiary alicyclic amines) is 2. The lowest BCUT2D eigenvalue weighted by atomic mass is 9.81. The van der Waals surface area contributed by atoms with Gasteiger partial charge in [-0.1, -0.05) is 46.1 Å². The lowest BCUT2D eigenvalue weighted by Gasteiger charge is -2.39. The minimum absolute atomic E-state index is 0.266. The Morgan fingerprint density at radius 3 is 1.80 bits per heavy atom. The molecule has 0 aliphatic carbocycles. The Morgan fingerprint density at radius 2 is 1.27 bits per heavy atom. The molecular formula is C44H56F6N2O2S2. The molecule has 2 aliphatic rings. The minimum atomic E-state index is -4.35. The molecule has 2 aliphatic heterocycles. The summed E-state index contributed by atoms with van der Waals surface area (Å²) in [5.74, 6) is 2.88. The number of halogens is 6. The SMILES string of the molecule is CCC(C)CN1CC[C@@H](c2ccsc2)[C@H](COc2cccc(C(F)(F)F)c2)C1.CCCCCN1CC[C@@H](c2ccsc2)[C@H](COc2ccc(C(F)(F)F)cc2)C1. The van der Waals surface area contributed by atoms with E-state index in [0.29, 0.717) is 42.6 Å². The maximum Gasteiger partial charge on any atom is 0.416 e. The fourth-order valence-corrected chi connectivity index (χ4v) is 9.29. The number of rotatable bonds is 15. The van der Waals surface area contributed by atoms with Gasteiger partial charge in [0.25, 0.3) is 0 Å². The van der Waals surface area contributed by atoms with Gasteiger partial charge >= 0.3 is 12.4 Å². The summed E-state index contributed by atoms with van der Waals surface area (Å²) in [7, 11) is 0. The monoisotopic (exact) mass is 822 g/mol. The molecule has 2 aromatic carbocycles. The minimum Gasteiger partial charge on any atom is -0.493 e. The summed E-state index contributed by atoms with van der Waals surface area (Å²) >= 11 is 3.40. The van der Waals surface area contributed by atoms with Gasteiger partial charge in [-0.15, -0.1) is 0 Å². The third-order valence-corrected chi connectivity index (χ3v) is 12.6. The summed E-state index contributed by atoms with van der Waals surface area (Å²) in [5.41, 5.74) is 1.38. The van der Waals surface area contributed by atoms with Crippen molar-refractivity contribution in [3.8, 4) is 11.5 Å². The molecule has 4 aromatic rings. The summed E-state index contributed by atoms with van der Waals surface area (Å²) in [5, 5.41) is 8.59. The van der Waals surface area contributed by atoms with E-state index >= 15 is 0 Å². The molecule has 56 heavy (non-hydrogen) atoms. The highest BCUT2D eigenvalue weighted by Gasteiger charge is 2.34. The molecule has 2 saturated heterocycles. The van der Waals surface area contributed by atoms with Crippen LogP contribution in [-0.4, -0.2) is 62.3 Å². The number of alkyl halides is 6. The van der Waals surface area contributed by atoms with E-state index in [9.17, 15) is 26.3 Å². The van der Waals surface area contributed by atoms with Gasteiger partial charge in [-0.25, -0.2) is 0 Å². The summed E-state index contributed by atoms with van der Waals surface area (Å²) in [6.45, 7) is 13.9. The van der Waals surface area contributed by atoms with Crippen LogP contribution in [0.3, 0.4) is 0 Å². The number of thiophene rings is 2. The Labute approximate surface area is 336 Å². The zero-order valence-electron chi connectivity index (χ0n) is 32.7.